The summed E-state index contributed by atoms with van der Waals surface area (Å²) >= 11 is 0. The summed E-state index contributed by atoms with van der Waals surface area (Å²) in [6, 6.07) is 0. The quantitative estimate of drug-likeness (QED) is 0.809. The maximum atomic E-state index is 12.1. The monoisotopic (exact) mass is 315 g/mol. The van der Waals surface area contributed by atoms with Gasteiger partial charge in [-0.2, -0.15) is 18.3 Å². The number of nitrogens with zero attached hydrogens (tertiary/aromatic N) is 3. The average Bonchev–Trinajstić information content (AvgIpc) is 2.81. The molecule has 20 heavy (non-hydrogen) atoms. The maximum Gasteiger partial charge on any atom is 0.390 e. The Balaban J connectivity index is 2.74. The molecule has 6 nitrogen and oxygen atoms in total. The summed E-state index contributed by atoms with van der Waals surface area (Å²) in [5, 5.41) is 12.4. The van der Waals surface area contributed by atoms with Gasteiger partial charge in [-0.25, -0.2) is 12.7 Å². The molecule has 0 spiro atoms. The zero-order valence-corrected chi connectivity index (χ0v) is 11.7. The Morgan fingerprint density at radius 2 is 2.10 bits per heavy atom. The molecule has 0 bridgehead atoms. The molecule has 0 radical (unpaired) electrons. The molecule has 1 rings (SSSR count). The van der Waals surface area contributed by atoms with Crippen LogP contribution in [-0.2, 0) is 16.6 Å². The molecule has 0 unspecified atom stereocenters. The van der Waals surface area contributed by atoms with Crippen molar-refractivity contribution in [2.75, 3.05) is 20.2 Å². The lowest BCUT2D eigenvalue weighted by Crippen LogP contribution is -2.30. The number of sulfonamides is 1. The second-order valence-corrected chi connectivity index (χ2v) is 6.25. The minimum Gasteiger partial charge on any atom is -0.396 e. The first kappa shape index (κ1) is 16.9. The summed E-state index contributed by atoms with van der Waals surface area (Å²) in [4.78, 5) is -0.167. The van der Waals surface area contributed by atoms with E-state index in [4.69, 9.17) is 5.11 Å². The van der Waals surface area contributed by atoms with Crippen molar-refractivity contribution in [1.82, 2.24) is 14.1 Å². The van der Waals surface area contributed by atoms with Gasteiger partial charge in [0.15, 0.2) is 0 Å². The number of aliphatic hydroxyl groups is 1. The number of hydrogen-bond acceptors (Lipinski definition) is 4. The summed E-state index contributed by atoms with van der Waals surface area (Å²) < 4.78 is 62.2. The van der Waals surface area contributed by atoms with Crippen molar-refractivity contribution in [3.8, 4) is 0 Å². The minimum atomic E-state index is -4.41. The number of aromatic nitrogens is 2. The zero-order chi connectivity index (χ0) is 15.4. The Bertz CT molecular complexity index is 527. The summed E-state index contributed by atoms with van der Waals surface area (Å²) in [6.45, 7) is -0.376. The lowest BCUT2D eigenvalue weighted by atomic mass is 10.4. The van der Waals surface area contributed by atoms with Gasteiger partial charge in [-0.15, -0.1) is 0 Å². The highest BCUT2D eigenvalue weighted by atomic mass is 32.2. The van der Waals surface area contributed by atoms with E-state index in [0.29, 0.717) is 17.3 Å². The van der Waals surface area contributed by atoms with Gasteiger partial charge in [-0.3, -0.25) is 4.68 Å². The molecule has 0 saturated heterocycles. The molecule has 0 amide bonds. The van der Waals surface area contributed by atoms with E-state index in [9.17, 15) is 21.6 Å². The van der Waals surface area contributed by atoms with Crippen molar-refractivity contribution >= 4 is 10.0 Å². The fourth-order valence-corrected chi connectivity index (χ4v) is 2.54. The normalized spacial score (nSPS) is 13.1. The van der Waals surface area contributed by atoms with E-state index in [1.54, 1.807) is 0 Å². The first-order valence-corrected chi connectivity index (χ1v) is 7.27. The smallest absolute Gasteiger partial charge is 0.390 e. The van der Waals surface area contributed by atoms with Gasteiger partial charge in [0, 0.05) is 32.9 Å². The van der Waals surface area contributed by atoms with Gasteiger partial charge >= 0.3 is 6.18 Å². The van der Waals surface area contributed by atoms with E-state index in [1.165, 1.54) is 10.9 Å². The molecule has 0 aliphatic carbocycles. The SMILES string of the molecule is CN(CCC(F)(F)F)S(=O)(=O)c1cnn(CCCO)c1. The zero-order valence-electron chi connectivity index (χ0n) is 10.8. The predicted molar refractivity (Wildman–Crippen MR) is 64.4 cm³/mol. The van der Waals surface area contributed by atoms with Crippen molar-refractivity contribution in [1.29, 1.82) is 0 Å². The van der Waals surface area contributed by atoms with E-state index in [-0.39, 0.29) is 11.5 Å². The Labute approximate surface area is 114 Å². The third kappa shape index (κ3) is 4.76. The third-order valence-corrected chi connectivity index (χ3v) is 4.38. The highest BCUT2D eigenvalue weighted by Gasteiger charge is 2.30. The average molecular weight is 315 g/mol. The first-order valence-electron chi connectivity index (χ1n) is 5.83. The van der Waals surface area contributed by atoms with Gasteiger partial charge < -0.3 is 5.11 Å². The van der Waals surface area contributed by atoms with Crippen LogP contribution < -0.4 is 0 Å². The highest BCUT2D eigenvalue weighted by Crippen LogP contribution is 2.21. The fourth-order valence-electron chi connectivity index (χ4n) is 1.42. The molecule has 0 aliphatic rings. The van der Waals surface area contributed by atoms with E-state index >= 15 is 0 Å². The van der Waals surface area contributed by atoms with Crippen LogP contribution in [0.15, 0.2) is 17.3 Å². The van der Waals surface area contributed by atoms with E-state index in [0.717, 1.165) is 13.2 Å². The van der Waals surface area contributed by atoms with Crippen molar-refractivity contribution < 1.29 is 26.7 Å². The number of aryl methyl sites for hydroxylation is 1. The van der Waals surface area contributed by atoms with E-state index in [2.05, 4.69) is 5.10 Å². The third-order valence-electron chi connectivity index (χ3n) is 2.57. The molecule has 0 fully saturated rings. The van der Waals surface area contributed by atoms with Crippen LogP contribution in [0.4, 0.5) is 13.2 Å². The van der Waals surface area contributed by atoms with Crippen molar-refractivity contribution in [2.45, 2.75) is 30.5 Å². The van der Waals surface area contributed by atoms with Crippen molar-refractivity contribution in [2.24, 2.45) is 0 Å². The summed E-state index contributed by atoms with van der Waals surface area (Å²) in [5.74, 6) is 0. The predicted octanol–water partition coefficient (Wildman–Crippen LogP) is 0.838. The topological polar surface area (TPSA) is 75.4 Å². The maximum absolute atomic E-state index is 12.1. The van der Waals surface area contributed by atoms with Crippen LogP contribution in [0.2, 0.25) is 0 Å². The molecule has 1 heterocycles. The van der Waals surface area contributed by atoms with E-state index in [1.807, 2.05) is 0 Å². The summed E-state index contributed by atoms with van der Waals surface area (Å²) in [5.41, 5.74) is 0. The number of hydrogen-bond donors (Lipinski definition) is 1. The van der Waals surface area contributed by atoms with E-state index < -0.39 is 29.2 Å². The van der Waals surface area contributed by atoms with Gasteiger partial charge in [0.2, 0.25) is 10.0 Å². The van der Waals surface area contributed by atoms with Gasteiger partial charge in [0.1, 0.15) is 4.90 Å². The van der Waals surface area contributed by atoms with Gasteiger partial charge in [0.25, 0.3) is 0 Å². The molecule has 1 aromatic heterocycles. The minimum absolute atomic E-state index is 0.0621. The summed E-state index contributed by atoms with van der Waals surface area (Å²) in [7, 11) is -2.89. The number of aliphatic hydroxyl groups excluding tert-OH is 1. The second kappa shape index (κ2) is 6.55. The molecule has 1 N–H and O–H groups in total. The Morgan fingerprint density at radius 1 is 1.45 bits per heavy atom. The molecule has 0 saturated carbocycles. The largest absolute Gasteiger partial charge is 0.396 e. The molecule has 0 aliphatic heterocycles. The molecule has 116 valence electrons. The van der Waals surface area contributed by atoms with Crippen LogP contribution in [-0.4, -0.2) is 54.0 Å². The number of rotatable bonds is 7. The van der Waals surface area contributed by atoms with Crippen LogP contribution in [0.5, 0.6) is 0 Å². The second-order valence-electron chi connectivity index (χ2n) is 4.21. The summed E-state index contributed by atoms with van der Waals surface area (Å²) in [6.07, 6.45) is -2.90. The number of alkyl halides is 3. The van der Waals surface area contributed by atoms with Gasteiger partial charge in [-0.05, 0) is 6.42 Å². The molecule has 0 atom stereocenters. The Hall–Kier alpha value is -1.13. The van der Waals surface area contributed by atoms with Crippen LogP contribution in [0.1, 0.15) is 12.8 Å². The van der Waals surface area contributed by atoms with Gasteiger partial charge in [0.05, 0.1) is 12.6 Å². The molecule has 0 aromatic carbocycles. The fraction of sp³-hybridized carbons (Fsp3) is 0.700. The lowest BCUT2D eigenvalue weighted by Gasteiger charge is -2.16. The van der Waals surface area contributed by atoms with Crippen molar-refractivity contribution in [3.63, 3.8) is 0 Å². The van der Waals surface area contributed by atoms with Gasteiger partial charge in [-0.1, -0.05) is 0 Å². The number of halogens is 3. The lowest BCUT2D eigenvalue weighted by molar-refractivity contribution is -0.135. The molecule has 1 aromatic rings. The highest BCUT2D eigenvalue weighted by molar-refractivity contribution is 7.89. The van der Waals surface area contributed by atoms with Crippen molar-refractivity contribution in [3.05, 3.63) is 12.4 Å². The Morgan fingerprint density at radius 3 is 2.65 bits per heavy atom. The first-order chi connectivity index (χ1) is 9.16. The molecule has 10 heteroatoms. The molecular weight excluding hydrogens is 299 g/mol. The molecular formula is C10H16F3N3O3S. The standard InChI is InChI=1S/C10H16F3N3O3S/c1-15(5-3-10(11,12)13)20(18,19)9-7-14-16(8-9)4-2-6-17/h7-8,17H,2-6H2,1H3. The Kier molecular flexibility index (Phi) is 5.54. The van der Waals surface area contributed by atoms with Crippen LogP contribution in [0.25, 0.3) is 0 Å². The van der Waals surface area contributed by atoms with Crippen LogP contribution in [0.3, 0.4) is 0 Å². The van der Waals surface area contributed by atoms with Crippen LogP contribution in [0, 0.1) is 0 Å². The van der Waals surface area contributed by atoms with Crippen LogP contribution >= 0.6 is 0 Å².